The van der Waals surface area contributed by atoms with Gasteiger partial charge in [-0.25, -0.2) is 0 Å². The molecule has 2 aromatic carbocycles. The van der Waals surface area contributed by atoms with Gasteiger partial charge >= 0.3 is 0 Å². The van der Waals surface area contributed by atoms with Crippen molar-refractivity contribution in [3.63, 3.8) is 0 Å². The summed E-state index contributed by atoms with van der Waals surface area (Å²) in [6.45, 7) is 1.39. The lowest BCUT2D eigenvalue weighted by Gasteiger charge is -2.24. The second-order valence-corrected chi connectivity index (χ2v) is 6.91. The minimum Gasteiger partial charge on any atom is -0.493 e. The number of rotatable bonds is 6. The SMILES string of the molecule is COc1ccc(C[C@@H]2COC[C@H]2[C@H](O)c2ccc3c(c2)OCO3)cc1OC. The molecule has 0 aromatic heterocycles. The standard InChI is InChI=1S/C21H24O6/c1-23-17-5-3-13(8-19(17)24-2)7-15-10-25-11-16(15)21(22)14-4-6-18-20(9-14)27-12-26-18/h3-6,8-9,15-16,21-22H,7,10-12H2,1-2H3/t15-,16-,21-/m1/s1. The summed E-state index contributed by atoms with van der Waals surface area (Å²) >= 11 is 0. The van der Waals surface area contributed by atoms with E-state index in [1.54, 1.807) is 14.2 Å². The van der Waals surface area contributed by atoms with Crippen molar-refractivity contribution in [1.82, 2.24) is 0 Å². The fourth-order valence-electron chi connectivity index (χ4n) is 3.83. The summed E-state index contributed by atoms with van der Waals surface area (Å²) in [7, 11) is 3.26. The lowest BCUT2D eigenvalue weighted by Crippen LogP contribution is -2.22. The molecule has 1 N–H and O–H groups in total. The van der Waals surface area contributed by atoms with Crippen molar-refractivity contribution < 1.29 is 28.8 Å². The van der Waals surface area contributed by atoms with E-state index in [0.717, 1.165) is 23.3 Å². The highest BCUT2D eigenvalue weighted by Crippen LogP contribution is 2.40. The molecule has 27 heavy (non-hydrogen) atoms. The van der Waals surface area contributed by atoms with Gasteiger partial charge in [0.1, 0.15) is 0 Å². The van der Waals surface area contributed by atoms with Crippen molar-refractivity contribution in [1.29, 1.82) is 0 Å². The first-order chi connectivity index (χ1) is 13.2. The number of fused-ring (bicyclic) bond motifs is 1. The monoisotopic (exact) mass is 372 g/mol. The third-order valence-electron chi connectivity index (χ3n) is 5.34. The molecular weight excluding hydrogens is 348 g/mol. The van der Waals surface area contributed by atoms with Crippen LogP contribution < -0.4 is 18.9 Å². The van der Waals surface area contributed by atoms with Crippen molar-refractivity contribution in [3.8, 4) is 23.0 Å². The molecule has 6 nitrogen and oxygen atoms in total. The minimum atomic E-state index is -0.618. The number of benzene rings is 2. The Hall–Kier alpha value is -2.44. The number of hydrogen-bond acceptors (Lipinski definition) is 6. The fraction of sp³-hybridized carbons (Fsp3) is 0.429. The topological polar surface area (TPSA) is 66.4 Å². The number of aliphatic hydroxyl groups is 1. The Bertz CT molecular complexity index is 805. The first-order valence-corrected chi connectivity index (χ1v) is 9.06. The Labute approximate surface area is 158 Å². The average molecular weight is 372 g/mol. The maximum atomic E-state index is 11.0. The largest absolute Gasteiger partial charge is 0.493 e. The zero-order valence-electron chi connectivity index (χ0n) is 15.5. The van der Waals surface area contributed by atoms with Gasteiger partial charge in [0.2, 0.25) is 6.79 Å². The lowest BCUT2D eigenvalue weighted by atomic mass is 9.83. The van der Waals surface area contributed by atoms with Gasteiger partial charge in [0, 0.05) is 5.92 Å². The molecule has 2 aromatic rings. The zero-order chi connectivity index (χ0) is 18.8. The van der Waals surface area contributed by atoms with Crippen LogP contribution in [0.1, 0.15) is 17.2 Å². The molecule has 4 rings (SSSR count). The molecule has 3 atom stereocenters. The fourth-order valence-corrected chi connectivity index (χ4v) is 3.83. The van der Waals surface area contributed by atoms with E-state index in [0.29, 0.717) is 30.5 Å². The Morgan fingerprint density at radius 3 is 2.63 bits per heavy atom. The second-order valence-electron chi connectivity index (χ2n) is 6.91. The van der Waals surface area contributed by atoms with Crippen LogP contribution in [0, 0.1) is 11.8 Å². The van der Waals surface area contributed by atoms with Crippen molar-refractivity contribution in [2.75, 3.05) is 34.2 Å². The van der Waals surface area contributed by atoms with Crippen molar-refractivity contribution in [2.24, 2.45) is 11.8 Å². The Morgan fingerprint density at radius 1 is 1.00 bits per heavy atom. The molecule has 0 aliphatic carbocycles. The molecule has 144 valence electrons. The Morgan fingerprint density at radius 2 is 1.81 bits per heavy atom. The highest BCUT2D eigenvalue weighted by atomic mass is 16.7. The molecular formula is C21H24O6. The summed E-state index contributed by atoms with van der Waals surface area (Å²) in [5, 5.41) is 11.0. The molecule has 2 aliphatic heterocycles. The summed E-state index contributed by atoms with van der Waals surface area (Å²) in [6, 6.07) is 11.5. The number of hydrogen-bond donors (Lipinski definition) is 1. The van der Waals surface area contributed by atoms with E-state index in [9.17, 15) is 5.11 Å². The molecule has 0 unspecified atom stereocenters. The number of ether oxygens (including phenoxy) is 5. The van der Waals surface area contributed by atoms with E-state index in [2.05, 4.69) is 0 Å². The van der Waals surface area contributed by atoms with E-state index in [4.69, 9.17) is 23.7 Å². The minimum absolute atomic E-state index is 0.0125. The predicted molar refractivity (Wildman–Crippen MR) is 98.6 cm³/mol. The average Bonchev–Trinajstić information content (AvgIpc) is 3.35. The van der Waals surface area contributed by atoms with E-state index in [1.807, 2.05) is 36.4 Å². The van der Waals surface area contributed by atoms with Crippen molar-refractivity contribution >= 4 is 0 Å². The van der Waals surface area contributed by atoms with Gasteiger partial charge in [-0.2, -0.15) is 0 Å². The quantitative estimate of drug-likeness (QED) is 0.841. The maximum Gasteiger partial charge on any atom is 0.231 e. The summed E-state index contributed by atoms with van der Waals surface area (Å²) < 4.78 is 27.2. The van der Waals surface area contributed by atoms with Crippen LogP contribution in [0.3, 0.4) is 0 Å². The first kappa shape index (κ1) is 17.9. The lowest BCUT2D eigenvalue weighted by molar-refractivity contribution is 0.0810. The third kappa shape index (κ3) is 3.55. The molecule has 1 fully saturated rings. The van der Waals surface area contributed by atoms with Gasteiger partial charge in [0.05, 0.1) is 33.5 Å². The normalized spacial score (nSPS) is 21.9. The molecule has 0 amide bonds. The van der Waals surface area contributed by atoms with Gasteiger partial charge in [-0.1, -0.05) is 12.1 Å². The van der Waals surface area contributed by atoms with Crippen LogP contribution in [0.25, 0.3) is 0 Å². The molecule has 2 heterocycles. The van der Waals surface area contributed by atoms with Crippen LogP contribution in [-0.4, -0.2) is 39.3 Å². The Kier molecular flexibility index (Phi) is 5.09. The molecule has 6 heteroatoms. The third-order valence-corrected chi connectivity index (χ3v) is 5.34. The van der Waals surface area contributed by atoms with Crippen LogP contribution in [0.5, 0.6) is 23.0 Å². The molecule has 0 radical (unpaired) electrons. The Balaban J connectivity index is 1.50. The molecule has 0 bridgehead atoms. The van der Waals surface area contributed by atoms with Gasteiger partial charge in [0.25, 0.3) is 0 Å². The van der Waals surface area contributed by atoms with Crippen molar-refractivity contribution in [3.05, 3.63) is 47.5 Å². The van der Waals surface area contributed by atoms with Gasteiger partial charge in [0.15, 0.2) is 23.0 Å². The molecule has 0 spiro atoms. The number of aliphatic hydroxyl groups excluding tert-OH is 1. The number of methoxy groups -OCH3 is 2. The molecule has 2 aliphatic rings. The predicted octanol–water partition coefficient (Wildman–Crippen LogP) is 2.97. The second kappa shape index (κ2) is 7.66. The van der Waals surface area contributed by atoms with Crippen LogP contribution in [0.4, 0.5) is 0 Å². The summed E-state index contributed by atoms with van der Waals surface area (Å²) in [5.41, 5.74) is 1.96. The smallest absolute Gasteiger partial charge is 0.231 e. The summed E-state index contributed by atoms with van der Waals surface area (Å²) in [5.74, 6) is 3.04. The summed E-state index contributed by atoms with van der Waals surface area (Å²) in [6.07, 6.45) is 0.180. The first-order valence-electron chi connectivity index (χ1n) is 9.06. The van der Waals surface area contributed by atoms with Gasteiger partial charge in [-0.05, 0) is 47.7 Å². The van der Waals surface area contributed by atoms with Gasteiger partial charge in [-0.3, -0.25) is 0 Å². The van der Waals surface area contributed by atoms with Crippen LogP contribution >= 0.6 is 0 Å². The van der Waals surface area contributed by atoms with E-state index in [-0.39, 0.29) is 18.6 Å². The van der Waals surface area contributed by atoms with E-state index >= 15 is 0 Å². The van der Waals surface area contributed by atoms with Gasteiger partial charge in [-0.15, -0.1) is 0 Å². The van der Waals surface area contributed by atoms with Crippen LogP contribution in [0.2, 0.25) is 0 Å². The van der Waals surface area contributed by atoms with Crippen LogP contribution in [0.15, 0.2) is 36.4 Å². The highest BCUT2D eigenvalue weighted by Gasteiger charge is 2.35. The summed E-state index contributed by atoms with van der Waals surface area (Å²) in [4.78, 5) is 0. The van der Waals surface area contributed by atoms with E-state index < -0.39 is 6.10 Å². The van der Waals surface area contributed by atoms with Crippen LogP contribution in [-0.2, 0) is 11.2 Å². The molecule has 1 saturated heterocycles. The van der Waals surface area contributed by atoms with Crippen molar-refractivity contribution in [2.45, 2.75) is 12.5 Å². The maximum absolute atomic E-state index is 11.0. The molecule has 0 saturated carbocycles. The highest BCUT2D eigenvalue weighted by molar-refractivity contribution is 5.45. The zero-order valence-corrected chi connectivity index (χ0v) is 15.5. The van der Waals surface area contributed by atoms with Gasteiger partial charge < -0.3 is 28.8 Å². The van der Waals surface area contributed by atoms with E-state index in [1.165, 1.54) is 0 Å².